The number of rotatable bonds is 4. The zero-order valence-corrected chi connectivity index (χ0v) is 8.99. The van der Waals surface area contributed by atoms with E-state index in [1.807, 2.05) is 19.9 Å². The lowest BCUT2D eigenvalue weighted by molar-refractivity contribution is 0.171. The van der Waals surface area contributed by atoms with Gasteiger partial charge in [0.1, 0.15) is 6.07 Å². The maximum absolute atomic E-state index is 9.08. The fourth-order valence-electron chi connectivity index (χ4n) is 1.03. The van der Waals surface area contributed by atoms with Gasteiger partial charge in [-0.3, -0.25) is 0 Å². The monoisotopic (exact) mass is 205 g/mol. The molecule has 15 heavy (non-hydrogen) atoms. The Hall–Kier alpha value is -1.60. The van der Waals surface area contributed by atoms with Crippen LogP contribution in [-0.2, 0) is 0 Å². The molecule has 4 heteroatoms. The van der Waals surface area contributed by atoms with Gasteiger partial charge in [-0.05, 0) is 12.1 Å². The lowest BCUT2D eigenvalue weighted by atomic mass is 9.95. The molecule has 0 aliphatic heterocycles. The first-order valence-electron chi connectivity index (χ1n) is 4.79. The van der Waals surface area contributed by atoms with Crippen molar-refractivity contribution in [3.8, 4) is 6.07 Å². The molecule has 0 aliphatic carbocycles. The topological polar surface area (TPSA) is 68.9 Å². The normalized spacial score (nSPS) is 10.8. The van der Waals surface area contributed by atoms with E-state index in [0.29, 0.717) is 17.9 Å². The van der Waals surface area contributed by atoms with Crippen molar-refractivity contribution in [2.45, 2.75) is 13.8 Å². The molecule has 0 saturated heterocycles. The molecule has 1 rings (SSSR count). The minimum absolute atomic E-state index is 0.0994. The third-order valence-corrected chi connectivity index (χ3v) is 2.10. The molecule has 0 saturated carbocycles. The molecule has 0 aliphatic rings. The summed E-state index contributed by atoms with van der Waals surface area (Å²) in [6, 6.07) is 5.59. The number of pyridine rings is 1. The van der Waals surface area contributed by atoms with Crippen LogP contribution in [-0.4, -0.2) is 23.2 Å². The molecule has 0 amide bonds. The van der Waals surface area contributed by atoms with Crippen molar-refractivity contribution in [3.05, 3.63) is 24.0 Å². The van der Waals surface area contributed by atoms with Crippen molar-refractivity contribution in [3.63, 3.8) is 0 Å². The largest absolute Gasteiger partial charge is 0.396 e. The average molecular weight is 205 g/mol. The van der Waals surface area contributed by atoms with Crippen LogP contribution < -0.4 is 5.32 Å². The lowest BCUT2D eigenvalue weighted by Gasteiger charge is -2.22. The minimum atomic E-state index is -0.206. The highest BCUT2D eigenvalue weighted by Crippen LogP contribution is 2.17. The van der Waals surface area contributed by atoms with Crippen molar-refractivity contribution in [1.29, 1.82) is 5.26 Å². The molecule has 0 spiro atoms. The predicted molar refractivity (Wildman–Crippen MR) is 58.3 cm³/mol. The van der Waals surface area contributed by atoms with Gasteiger partial charge in [0.05, 0.1) is 5.69 Å². The summed E-state index contributed by atoms with van der Waals surface area (Å²) < 4.78 is 0. The Bertz CT molecular complexity index is 368. The van der Waals surface area contributed by atoms with Gasteiger partial charge in [0.15, 0.2) is 5.69 Å². The molecule has 1 aromatic rings. The van der Waals surface area contributed by atoms with E-state index < -0.39 is 0 Å². The number of hydrogen-bond donors (Lipinski definition) is 2. The zero-order chi connectivity index (χ0) is 11.3. The van der Waals surface area contributed by atoms with Crippen molar-refractivity contribution >= 4 is 5.69 Å². The molecule has 0 atom stereocenters. The molecular formula is C11H15N3O. The van der Waals surface area contributed by atoms with Crippen LogP contribution in [0.15, 0.2) is 18.3 Å². The summed E-state index contributed by atoms with van der Waals surface area (Å²) in [4.78, 5) is 3.94. The molecule has 0 fully saturated rings. The maximum atomic E-state index is 9.08. The summed E-state index contributed by atoms with van der Waals surface area (Å²) in [7, 11) is 0. The smallest absolute Gasteiger partial charge is 0.163 e. The summed E-state index contributed by atoms with van der Waals surface area (Å²) >= 11 is 0. The van der Waals surface area contributed by atoms with Crippen LogP contribution in [0.2, 0.25) is 0 Å². The molecular weight excluding hydrogens is 190 g/mol. The SMILES string of the molecule is CC(C)(CO)CNc1cccnc1C#N. The van der Waals surface area contributed by atoms with Gasteiger partial charge in [0.25, 0.3) is 0 Å². The second-order valence-corrected chi connectivity index (χ2v) is 4.19. The Balaban J connectivity index is 2.70. The van der Waals surface area contributed by atoms with Crippen molar-refractivity contribution in [1.82, 2.24) is 4.98 Å². The highest BCUT2D eigenvalue weighted by Gasteiger charge is 2.16. The number of nitrogens with zero attached hydrogens (tertiary/aromatic N) is 2. The first-order chi connectivity index (χ1) is 7.09. The molecule has 4 nitrogen and oxygen atoms in total. The number of anilines is 1. The Morgan fingerprint density at radius 1 is 1.60 bits per heavy atom. The molecule has 0 unspecified atom stereocenters. The summed E-state index contributed by atoms with van der Waals surface area (Å²) in [6.45, 7) is 4.59. The predicted octanol–water partition coefficient (Wildman–Crippen LogP) is 1.38. The van der Waals surface area contributed by atoms with Gasteiger partial charge < -0.3 is 10.4 Å². The van der Waals surface area contributed by atoms with Crippen LogP contribution in [0.4, 0.5) is 5.69 Å². The molecule has 0 radical (unpaired) electrons. The maximum Gasteiger partial charge on any atom is 0.163 e. The van der Waals surface area contributed by atoms with Gasteiger partial charge in [0, 0.05) is 24.8 Å². The van der Waals surface area contributed by atoms with Crippen molar-refractivity contribution < 1.29 is 5.11 Å². The van der Waals surface area contributed by atoms with Gasteiger partial charge in [-0.15, -0.1) is 0 Å². The number of aromatic nitrogens is 1. The van der Waals surface area contributed by atoms with E-state index in [-0.39, 0.29) is 12.0 Å². The lowest BCUT2D eigenvalue weighted by Crippen LogP contribution is -2.27. The van der Waals surface area contributed by atoms with E-state index in [1.165, 1.54) is 0 Å². The summed E-state index contributed by atoms with van der Waals surface area (Å²) in [5, 5.41) is 21.0. The van der Waals surface area contributed by atoms with Crippen LogP contribution in [0.3, 0.4) is 0 Å². The standard InChI is InChI=1S/C11H15N3O/c1-11(2,8-15)7-14-9-4-3-5-13-10(9)6-12/h3-5,14-15H,7-8H2,1-2H3. The van der Waals surface area contributed by atoms with Crippen LogP contribution in [0.25, 0.3) is 0 Å². The number of hydrogen-bond acceptors (Lipinski definition) is 4. The number of aliphatic hydroxyl groups excluding tert-OH is 1. The highest BCUT2D eigenvalue weighted by molar-refractivity contribution is 5.53. The van der Waals surface area contributed by atoms with Crippen LogP contribution in [0.1, 0.15) is 19.5 Å². The Morgan fingerprint density at radius 2 is 2.33 bits per heavy atom. The van der Waals surface area contributed by atoms with Gasteiger partial charge >= 0.3 is 0 Å². The molecule has 0 bridgehead atoms. The molecule has 1 aromatic heterocycles. The van der Waals surface area contributed by atoms with Crippen LogP contribution in [0.5, 0.6) is 0 Å². The molecule has 0 aromatic carbocycles. The zero-order valence-electron chi connectivity index (χ0n) is 8.99. The molecule has 1 heterocycles. The second kappa shape index (κ2) is 4.76. The van der Waals surface area contributed by atoms with E-state index in [2.05, 4.69) is 10.3 Å². The number of nitrogens with one attached hydrogen (secondary N) is 1. The number of aliphatic hydroxyl groups is 1. The van der Waals surface area contributed by atoms with E-state index in [0.717, 1.165) is 0 Å². The molecule has 2 N–H and O–H groups in total. The van der Waals surface area contributed by atoms with Crippen molar-refractivity contribution in [2.24, 2.45) is 5.41 Å². The van der Waals surface area contributed by atoms with Gasteiger partial charge in [-0.25, -0.2) is 4.98 Å². The van der Waals surface area contributed by atoms with Crippen LogP contribution >= 0.6 is 0 Å². The van der Waals surface area contributed by atoms with E-state index >= 15 is 0 Å². The summed E-state index contributed by atoms with van der Waals surface area (Å²) in [6.07, 6.45) is 1.58. The summed E-state index contributed by atoms with van der Waals surface area (Å²) in [5.74, 6) is 0. The summed E-state index contributed by atoms with van der Waals surface area (Å²) in [5.41, 5.74) is 0.885. The fraction of sp³-hybridized carbons (Fsp3) is 0.455. The first kappa shape index (κ1) is 11.5. The highest BCUT2D eigenvalue weighted by atomic mass is 16.3. The van der Waals surface area contributed by atoms with Crippen LogP contribution in [0, 0.1) is 16.7 Å². The van der Waals surface area contributed by atoms with Crippen molar-refractivity contribution in [2.75, 3.05) is 18.5 Å². The average Bonchev–Trinajstić information content (AvgIpc) is 2.27. The Kier molecular flexibility index (Phi) is 3.64. The Labute approximate surface area is 89.6 Å². The third-order valence-electron chi connectivity index (χ3n) is 2.10. The van der Waals surface area contributed by atoms with E-state index in [4.69, 9.17) is 10.4 Å². The first-order valence-corrected chi connectivity index (χ1v) is 4.79. The van der Waals surface area contributed by atoms with Gasteiger partial charge in [-0.2, -0.15) is 5.26 Å². The number of nitriles is 1. The van der Waals surface area contributed by atoms with Gasteiger partial charge in [0.2, 0.25) is 0 Å². The minimum Gasteiger partial charge on any atom is -0.396 e. The Morgan fingerprint density at radius 3 is 2.93 bits per heavy atom. The molecule has 80 valence electrons. The fourth-order valence-corrected chi connectivity index (χ4v) is 1.03. The van der Waals surface area contributed by atoms with Gasteiger partial charge in [-0.1, -0.05) is 13.8 Å². The quantitative estimate of drug-likeness (QED) is 0.779. The van der Waals surface area contributed by atoms with E-state index in [1.54, 1.807) is 18.3 Å². The van der Waals surface area contributed by atoms with E-state index in [9.17, 15) is 0 Å². The second-order valence-electron chi connectivity index (χ2n) is 4.19. The third kappa shape index (κ3) is 3.22.